The number of carbonyl (C=O) groups excluding carboxylic acids is 1. The van der Waals surface area contributed by atoms with E-state index < -0.39 is 0 Å². The van der Waals surface area contributed by atoms with Crippen molar-refractivity contribution in [2.45, 2.75) is 0 Å². The van der Waals surface area contributed by atoms with E-state index in [9.17, 15) is 4.79 Å². The minimum atomic E-state index is -0.232. The number of fused-ring (bicyclic) bond motifs is 1. The van der Waals surface area contributed by atoms with Crippen LogP contribution < -0.4 is 20.1 Å². The van der Waals surface area contributed by atoms with Gasteiger partial charge in [0.15, 0.2) is 11.5 Å². The molecule has 6 heteroatoms. The Morgan fingerprint density at radius 1 is 1.19 bits per heavy atom. The van der Waals surface area contributed by atoms with Gasteiger partial charge in [-0.25, -0.2) is 4.98 Å². The van der Waals surface area contributed by atoms with E-state index in [1.807, 2.05) is 0 Å². The maximum absolute atomic E-state index is 12.3. The largest absolute Gasteiger partial charge is 0.486 e. The van der Waals surface area contributed by atoms with Gasteiger partial charge in [0.05, 0.1) is 5.56 Å². The lowest BCUT2D eigenvalue weighted by molar-refractivity contribution is 0.102. The third kappa shape index (κ3) is 2.74. The van der Waals surface area contributed by atoms with Crippen molar-refractivity contribution < 1.29 is 14.3 Å². The quantitative estimate of drug-likeness (QED) is 0.904. The molecule has 2 heterocycles. The normalized spacial score (nSPS) is 12.6. The highest BCUT2D eigenvalue weighted by Gasteiger charge is 2.15. The first-order chi connectivity index (χ1) is 10.3. The fourth-order valence-corrected chi connectivity index (χ4v) is 2.11. The van der Waals surface area contributed by atoms with Crippen molar-refractivity contribution in [3.8, 4) is 11.5 Å². The number of nitrogens with one attached hydrogen (secondary N) is 2. The van der Waals surface area contributed by atoms with E-state index in [1.54, 1.807) is 43.6 Å². The third-order valence-electron chi connectivity index (χ3n) is 3.09. The van der Waals surface area contributed by atoms with Crippen LogP contribution in [0.3, 0.4) is 0 Å². The molecule has 1 aromatic heterocycles. The maximum Gasteiger partial charge on any atom is 0.259 e. The Labute approximate surface area is 122 Å². The predicted molar refractivity (Wildman–Crippen MR) is 79.2 cm³/mol. The van der Waals surface area contributed by atoms with E-state index in [0.29, 0.717) is 41.8 Å². The minimum Gasteiger partial charge on any atom is -0.486 e. The number of amides is 1. The van der Waals surface area contributed by atoms with Gasteiger partial charge in [-0.3, -0.25) is 4.79 Å². The number of carbonyl (C=O) groups is 1. The second kappa shape index (κ2) is 5.70. The van der Waals surface area contributed by atoms with Crippen LogP contribution in [-0.2, 0) is 0 Å². The van der Waals surface area contributed by atoms with Gasteiger partial charge < -0.3 is 20.1 Å². The fourth-order valence-electron chi connectivity index (χ4n) is 2.11. The van der Waals surface area contributed by atoms with E-state index in [-0.39, 0.29) is 5.91 Å². The zero-order chi connectivity index (χ0) is 14.7. The summed E-state index contributed by atoms with van der Waals surface area (Å²) in [5.74, 6) is 1.63. The van der Waals surface area contributed by atoms with Crippen LogP contribution in [0.5, 0.6) is 11.5 Å². The number of hydrogen-bond donors (Lipinski definition) is 2. The lowest BCUT2D eigenvalue weighted by Crippen LogP contribution is -2.17. The van der Waals surface area contributed by atoms with Gasteiger partial charge in [0.25, 0.3) is 5.91 Å². The average Bonchev–Trinajstić information content (AvgIpc) is 2.54. The molecular weight excluding hydrogens is 270 g/mol. The molecule has 0 bridgehead atoms. The average molecular weight is 285 g/mol. The molecule has 0 radical (unpaired) electrons. The Kier molecular flexibility index (Phi) is 3.59. The number of aromatic nitrogens is 1. The second-order valence-electron chi connectivity index (χ2n) is 4.46. The molecular formula is C15H15N3O3. The first kappa shape index (κ1) is 13.2. The summed E-state index contributed by atoms with van der Waals surface area (Å²) in [6, 6.07) is 8.75. The molecule has 1 amide bonds. The van der Waals surface area contributed by atoms with Gasteiger partial charge in [0.1, 0.15) is 19.0 Å². The summed E-state index contributed by atoms with van der Waals surface area (Å²) >= 11 is 0. The zero-order valence-electron chi connectivity index (χ0n) is 11.6. The first-order valence-electron chi connectivity index (χ1n) is 6.61. The summed E-state index contributed by atoms with van der Waals surface area (Å²) in [6.45, 7) is 1.05. The van der Waals surface area contributed by atoms with Crippen molar-refractivity contribution in [1.29, 1.82) is 0 Å². The predicted octanol–water partition coefficient (Wildman–Crippen LogP) is 2.15. The van der Waals surface area contributed by atoms with Crippen molar-refractivity contribution in [2.24, 2.45) is 0 Å². The van der Waals surface area contributed by atoms with E-state index in [1.165, 1.54) is 0 Å². The molecule has 21 heavy (non-hydrogen) atoms. The number of nitrogens with zero attached hydrogens (tertiary/aromatic N) is 1. The van der Waals surface area contributed by atoms with Gasteiger partial charge in [-0.2, -0.15) is 0 Å². The van der Waals surface area contributed by atoms with Crippen molar-refractivity contribution in [2.75, 3.05) is 30.9 Å². The molecule has 1 aliphatic rings. The zero-order valence-corrected chi connectivity index (χ0v) is 11.6. The number of ether oxygens (including phenoxy) is 2. The van der Waals surface area contributed by atoms with E-state index in [0.717, 1.165) is 0 Å². The Morgan fingerprint density at radius 2 is 2.00 bits per heavy atom. The molecule has 2 N–H and O–H groups in total. The molecule has 0 spiro atoms. The van der Waals surface area contributed by atoms with E-state index in [4.69, 9.17) is 9.47 Å². The smallest absolute Gasteiger partial charge is 0.259 e. The van der Waals surface area contributed by atoms with Gasteiger partial charge in [-0.05, 0) is 24.3 Å². The number of anilines is 2. The summed E-state index contributed by atoms with van der Waals surface area (Å²) in [5.41, 5.74) is 1.13. The third-order valence-corrected chi connectivity index (χ3v) is 3.09. The van der Waals surface area contributed by atoms with E-state index in [2.05, 4.69) is 15.6 Å². The number of pyridine rings is 1. The highest BCUT2D eigenvalue weighted by atomic mass is 16.6. The summed E-state index contributed by atoms with van der Waals surface area (Å²) in [4.78, 5) is 16.4. The molecule has 0 saturated heterocycles. The Morgan fingerprint density at radius 3 is 2.81 bits per heavy atom. The van der Waals surface area contributed by atoms with Crippen LogP contribution in [0.4, 0.5) is 11.5 Å². The van der Waals surface area contributed by atoms with E-state index >= 15 is 0 Å². The minimum absolute atomic E-state index is 0.232. The van der Waals surface area contributed by atoms with Crippen LogP contribution in [0.15, 0.2) is 36.5 Å². The molecule has 0 saturated carbocycles. The molecule has 1 aliphatic heterocycles. The summed E-state index contributed by atoms with van der Waals surface area (Å²) in [7, 11) is 1.73. The lowest BCUT2D eigenvalue weighted by atomic mass is 10.2. The Hall–Kier alpha value is -2.76. The SMILES string of the molecule is CNc1ncccc1C(=O)Nc1ccc2c(c1)OCCO2. The Bertz CT molecular complexity index is 673. The van der Waals surface area contributed by atoms with Gasteiger partial charge >= 0.3 is 0 Å². The van der Waals surface area contributed by atoms with Gasteiger partial charge in [0.2, 0.25) is 0 Å². The number of rotatable bonds is 3. The molecule has 6 nitrogen and oxygen atoms in total. The standard InChI is InChI=1S/C15H15N3O3/c1-16-14-11(3-2-6-17-14)15(19)18-10-4-5-12-13(9-10)21-8-7-20-12/h2-6,9H,7-8H2,1H3,(H,16,17)(H,18,19). The highest BCUT2D eigenvalue weighted by Crippen LogP contribution is 2.32. The molecule has 3 rings (SSSR count). The van der Waals surface area contributed by atoms with Gasteiger partial charge in [-0.15, -0.1) is 0 Å². The molecule has 108 valence electrons. The topological polar surface area (TPSA) is 72.5 Å². The maximum atomic E-state index is 12.3. The molecule has 1 aromatic carbocycles. The van der Waals surface area contributed by atoms with Gasteiger partial charge in [-0.1, -0.05) is 0 Å². The molecule has 0 fully saturated rings. The van der Waals surface area contributed by atoms with Crippen molar-refractivity contribution in [3.63, 3.8) is 0 Å². The van der Waals surface area contributed by atoms with Crippen molar-refractivity contribution >= 4 is 17.4 Å². The van der Waals surface area contributed by atoms with Crippen LogP contribution in [0.1, 0.15) is 10.4 Å². The lowest BCUT2D eigenvalue weighted by Gasteiger charge is -2.19. The number of benzene rings is 1. The van der Waals surface area contributed by atoms with Crippen LogP contribution >= 0.6 is 0 Å². The molecule has 0 unspecified atom stereocenters. The van der Waals surface area contributed by atoms with Crippen LogP contribution in [0.2, 0.25) is 0 Å². The second-order valence-corrected chi connectivity index (χ2v) is 4.46. The molecule has 0 aliphatic carbocycles. The fraction of sp³-hybridized carbons (Fsp3) is 0.200. The first-order valence-corrected chi connectivity index (χ1v) is 6.61. The van der Waals surface area contributed by atoms with Crippen LogP contribution in [0.25, 0.3) is 0 Å². The summed E-state index contributed by atoms with van der Waals surface area (Å²) < 4.78 is 10.9. The highest BCUT2D eigenvalue weighted by molar-refractivity contribution is 6.07. The summed E-state index contributed by atoms with van der Waals surface area (Å²) in [5, 5.41) is 5.72. The van der Waals surface area contributed by atoms with Gasteiger partial charge in [0, 0.05) is 25.0 Å². The number of hydrogen-bond acceptors (Lipinski definition) is 5. The van der Waals surface area contributed by atoms with Crippen LogP contribution in [-0.4, -0.2) is 31.2 Å². The summed E-state index contributed by atoms with van der Waals surface area (Å²) in [6.07, 6.45) is 1.63. The monoisotopic (exact) mass is 285 g/mol. The van der Waals surface area contributed by atoms with Crippen molar-refractivity contribution in [3.05, 3.63) is 42.1 Å². The van der Waals surface area contributed by atoms with Crippen LogP contribution in [0, 0.1) is 0 Å². The van der Waals surface area contributed by atoms with Crippen molar-refractivity contribution in [1.82, 2.24) is 4.98 Å². The Balaban J connectivity index is 1.81. The molecule has 0 atom stereocenters. The molecule has 2 aromatic rings.